The van der Waals surface area contributed by atoms with Crippen molar-refractivity contribution >= 4 is 34.9 Å². The molecule has 1 rings (SSSR count). The van der Waals surface area contributed by atoms with Crippen LogP contribution in [0.4, 0.5) is 10.5 Å². The SMILES string of the molecule is CCN(C=O)c1ccc(C(C)=O)cc1.CCSC(N)=O. The predicted molar refractivity (Wildman–Crippen MR) is 83.2 cm³/mol. The maximum absolute atomic E-state index is 11.0. The molecule has 5 nitrogen and oxygen atoms in total. The quantitative estimate of drug-likeness (QED) is 0.669. The van der Waals surface area contributed by atoms with Crippen LogP contribution in [0.5, 0.6) is 0 Å². The van der Waals surface area contributed by atoms with Crippen LogP contribution in [-0.4, -0.2) is 29.7 Å². The number of nitrogens with two attached hydrogens (primary N) is 1. The van der Waals surface area contributed by atoms with Crippen molar-refractivity contribution in [1.82, 2.24) is 0 Å². The molecule has 0 aliphatic heterocycles. The summed E-state index contributed by atoms with van der Waals surface area (Å²) in [5, 5.41) is -0.294. The zero-order chi connectivity index (χ0) is 15.5. The number of ketones is 1. The first-order valence-electron chi connectivity index (χ1n) is 6.21. The lowest BCUT2D eigenvalue weighted by Crippen LogP contribution is -2.19. The minimum atomic E-state index is -0.294. The van der Waals surface area contributed by atoms with Crippen molar-refractivity contribution < 1.29 is 14.4 Å². The Bertz CT molecular complexity index is 446. The fourth-order valence-corrected chi connectivity index (χ4v) is 1.63. The third-order valence-corrected chi connectivity index (χ3v) is 2.93. The summed E-state index contributed by atoms with van der Waals surface area (Å²) in [7, 11) is 0. The van der Waals surface area contributed by atoms with E-state index in [4.69, 9.17) is 5.73 Å². The molecule has 2 amide bonds. The van der Waals surface area contributed by atoms with Gasteiger partial charge in [0.2, 0.25) is 6.41 Å². The summed E-state index contributed by atoms with van der Waals surface area (Å²) >= 11 is 1.12. The third kappa shape index (κ3) is 6.94. The van der Waals surface area contributed by atoms with Gasteiger partial charge in [-0.15, -0.1) is 0 Å². The van der Waals surface area contributed by atoms with Crippen molar-refractivity contribution in [3.05, 3.63) is 29.8 Å². The number of benzene rings is 1. The van der Waals surface area contributed by atoms with Gasteiger partial charge in [-0.3, -0.25) is 14.4 Å². The monoisotopic (exact) mass is 296 g/mol. The standard InChI is InChI=1S/C11H13NO2.C3H7NOS/c1-3-12(8-13)11-6-4-10(5-7-11)9(2)14;1-2-6-3(4)5/h4-8H,3H2,1-2H3;2H2,1H3,(H2,4,5). The van der Waals surface area contributed by atoms with Crippen LogP contribution in [0.3, 0.4) is 0 Å². The largest absolute Gasteiger partial charge is 0.361 e. The second-order valence-corrected chi connectivity index (χ2v) is 5.01. The molecule has 1 aromatic carbocycles. The van der Waals surface area contributed by atoms with Gasteiger partial charge in [0, 0.05) is 17.8 Å². The topological polar surface area (TPSA) is 80.5 Å². The number of amides is 2. The Kier molecular flexibility index (Phi) is 9.11. The van der Waals surface area contributed by atoms with E-state index in [9.17, 15) is 14.4 Å². The number of nitrogens with zero attached hydrogens (tertiary/aromatic N) is 1. The van der Waals surface area contributed by atoms with E-state index in [1.165, 1.54) is 6.92 Å². The van der Waals surface area contributed by atoms with E-state index in [0.29, 0.717) is 12.1 Å². The van der Waals surface area contributed by atoms with Crippen LogP contribution >= 0.6 is 11.8 Å². The molecule has 0 spiro atoms. The molecule has 0 aliphatic carbocycles. The molecule has 0 fully saturated rings. The van der Waals surface area contributed by atoms with Gasteiger partial charge in [-0.1, -0.05) is 18.7 Å². The highest BCUT2D eigenvalue weighted by Crippen LogP contribution is 2.13. The molecule has 0 saturated carbocycles. The van der Waals surface area contributed by atoms with E-state index in [1.807, 2.05) is 13.8 Å². The number of rotatable bonds is 5. The van der Waals surface area contributed by atoms with Crippen LogP contribution in [0.1, 0.15) is 31.1 Å². The number of primary amides is 1. The molecule has 0 heterocycles. The summed E-state index contributed by atoms with van der Waals surface area (Å²) in [5.74, 6) is 0.806. The number of carbonyl (C=O) groups excluding carboxylic acids is 3. The van der Waals surface area contributed by atoms with Crippen LogP contribution in [0.2, 0.25) is 0 Å². The molecule has 0 atom stereocenters. The van der Waals surface area contributed by atoms with Crippen molar-refractivity contribution in [2.75, 3.05) is 17.2 Å². The van der Waals surface area contributed by atoms with Crippen molar-refractivity contribution in [3.8, 4) is 0 Å². The number of carbonyl (C=O) groups is 3. The molecule has 0 aliphatic rings. The summed E-state index contributed by atoms with van der Waals surface area (Å²) in [6.07, 6.45) is 0.781. The van der Waals surface area contributed by atoms with Gasteiger partial charge < -0.3 is 10.6 Å². The van der Waals surface area contributed by atoms with E-state index in [2.05, 4.69) is 0 Å². The molecule has 0 radical (unpaired) electrons. The first-order chi connectivity index (χ1) is 9.46. The van der Waals surface area contributed by atoms with E-state index >= 15 is 0 Å². The third-order valence-electron chi connectivity index (χ3n) is 2.36. The van der Waals surface area contributed by atoms with E-state index in [-0.39, 0.29) is 11.0 Å². The number of hydrogen-bond donors (Lipinski definition) is 1. The first-order valence-corrected chi connectivity index (χ1v) is 7.19. The molecule has 0 unspecified atom stereocenters. The van der Waals surface area contributed by atoms with E-state index in [0.717, 1.165) is 29.6 Å². The maximum atomic E-state index is 11.0. The zero-order valence-electron chi connectivity index (χ0n) is 12.0. The van der Waals surface area contributed by atoms with Crippen LogP contribution in [0.25, 0.3) is 0 Å². The Morgan fingerprint density at radius 1 is 1.25 bits per heavy atom. The van der Waals surface area contributed by atoms with Crippen molar-refractivity contribution in [1.29, 1.82) is 0 Å². The molecule has 2 N–H and O–H groups in total. The molecular weight excluding hydrogens is 276 g/mol. The second kappa shape index (κ2) is 10.0. The average molecular weight is 296 g/mol. The molecule has 0 aromatic heterocycles. The number of anilines is 1. The van der Waals surface area contributed by atoms with E-state index < -0.39 is 0 Å². The summed E-state index contributed by atoms with van der Waals surface area (Å²) in [6, 6.07) is 7.00. The minimum absolute atomic E-state index is 0.0331. The lowest BCUT2D eigenvalue weighted by molar-refractivity contribution is -0.107. The Labute approximate surface area is 123 Å². The van der Waals surface area contributed by atoms with Crippen LogP contribution in [-0.2, 0) is 4.79 Å². The summed E-state index contributed by atoms with van der Waals surface area (Å²) in [4.78, 5) is 33.0. The Morgan fingerprint density at radius 2 is 1.80 bits per heavy atom. The fraction of sp³-hybridized carbons (Fsp3) is 0.357. The molecule has 1 aromatic rings. The Balaban J connectivity index is 0.000000511. The number of thioether (sulfide) groups is 1. The summed E-state index contributed by atoms with van der Waals surface area (Å²) < 4.78 is 0. The van der Waals surface area contributed by atoms with E-state index in [1.54, 1.807) is 29.2 Å². The lowest BCUT2D eigenvalue weighted by atomic mass is 10.1. The lowest BCUT2D eigenvalue weighted by Gasteiger charge is -2.14. The molecule has 20 heavy (non-hydrogen) atoms. The minimum Gasteiger partial charge on any atom is -0.361 e. The van der Waals surface area contributed by atoms with Crippen LogP contribution < -0.4 is 10.6 Å². The van der Waals surface area contributed by atoms with Gasteiger partial charge in [0.15, 0.2) is 5.78 Å². The Hall–Kier alpha value is -1.82. The zero-order valence-corrected chi connectivity index (χ0v) is 12.8. The molecular formula is C14H20N2O3S. The van der Waals surface area contributed by atoms with Gasteiger partial charge in [0.1, 0.15) is 0 Å². The van der Waals surface area contributed by atoms with Crippen molar-refractivity contribution in [3.63, 3.8) is 0 Å². The number of Topliss-reactive ketones (excluding diaryl/α,β-unsaturated/α-hetero) is 1. The van der Waals surface area contributed by atoms with Crippen molar-refractivity contribution in [2.24, 2.45) is 5.73 Å². The van der Waals surface area contributed by atoms with Gasteiger partial charge in [0.05, 0.1) is 0 Å². The highest BCUT2D eigenvalue weighted by atomic mass is 32.2. The van der Waals surface area contributed by atoms with Crippen molar-refractivity contribution in [2.45, 2.75) is 20.8 Å². The molecule has 0 bridgehead atoms. The number of hydrogen-bond acceptors (Lipinski definition) is 4. The predicted octanol–water partition coefficient (Wildman–Crippen LogP) is 2.69. The summed E-state index contributed by atoms with van der Waals surface area (Å²) in [6.45, 7) is 5.93. The Morgan fingerprint density at radius 3 is 2.05 bits per heavy atom. The molecule has 6 heteroatoms. The van der Waals surface area contributed by atoms with Gasteiger partial charge >= 0.3 is 0 Å². The van der Waals surface area contributed by atoms with Gasteiger partial charge in [-0.2, -0.15) is 0 Å². The maximum Gasteiger partial charge on any atom is 0.276 e. The highest BCUT2D eigenvalue weighted by molar-refractivity contribution is 8.13. The normalized spacial score (nSPS) is 9.15. The average Bonchev–Trinajstić information content (AvgIpc) is 2.41. The van der Waals surface area contributed by atoms with Crippen LogP contribution in [0, 0.1) is 0 Å². The second-order valence-electron chi connectivity index (χ2n) is 3.75. The summed E-state index contributed by atoms with van der Waals surface area (Å²) in [5.41, 5.74) is 6.20. The first kappa shape index (κ1) is 18.2. The smallest absolute Gasteiger partial charge is 0.276 e. The van der Waals surface area contributed by atoms with Gasteiger partial charge in [-0.05, 0) is 43.9 Å². The van der Waals surface area contributed by atoms with Gasteiger partial charge in [0.25, 0.3) is 5.24 Å². The molecule has 0 saturated heterocycles. The highest BCUT2D eigenvalue weighted by Gasteiger charge is 2.03. The fourth-order valence-electron chi connectivity index (χ4n) is 1.35. The van der Waals surface area contributed by atoms with Gasteiger partial charge in [-0.25, -0.2) is 0 Å². The molecule has 110 valence electrons. The van der Waals surface area contributed by atoms with Crippen LogP contribution in [0.15, 0.2) is 24.3 Å².